The Morgan fingerprint density at radius 3 is 2.76 bits per heavy atom. The number of carboxylic acid groups (broad SMARTS) is 1. The van der Waals surface area contributed by atoms with Crippen LogP contribution < -0.4 is 10.1 Å². The predicted molar refractivity (Wildman–Crippen MR) is 69.4 cm³/mol. The molecule has 0 radical (unpaired) electrons. The summed E-state index contributed by atoms with van der Waals surface area (Å²) in [6, 6.07) is 5.78. The van der Waals surface area contributed by atoms with Gasteiger partial charge in [-0.3, -0.25) is 4.79 Å². The number of benzene rings is 1. The van der Waals surface area contributed by atoms with Crippen molar-refractivity contribution in [1.29, 1.82) is 0 Å². The Kier molecular flexibility index (Phi) is 5.44. The molecule has 0 heterocycles. The first-order valence-electron chi connectivity index (χ1n) is 5.31. The second kappa shape index (κ2) is 6.61. The Morgan fingerprint density at radius 2 is 2.29 bits per heavy atom. The van der Waals surface area contributed by atoms with Crippen LogP contribution in [0.1, 0.15) is 24.4 Å². The molecule has 0 saturated heterocycles. The van der Waals surface area contributed by atoms with Gasteiger partial charge in [0.15, 0.2) is 0 Å². The molecular weight excluding hydrogens is 286 g/mol. The molecule has 0 aliphatic rings. The van der Waals surface area contributed by atoms with Crippen LogP contribution in [0.4, 0.5) is 0 Å². The summed E-state index contributed by atoms with van der Waals surface area (Å²) in [6.45, 7) is 0. The number of carboxylic acids is 1. The fraction of sp³-hybridized carbons (Fsp3) is 0.417. The molecule has 1 atom stereocenters. The maximum absolute atomic E-state index is 10.6. The van der Waals surface area contributed by atoms with E-state index in [9.17, 15) is 4.79 Å². The standard InChI is InChI=1S/C12H16BrNO3/c1-14-10(4-6-12(15)16)8-3-5-11(17-2)9(13)7-8/h3,5,7,10,14H,4,6H2,1-2H3,(H,15,16). The minimum absolute atomic E-state index is 0.0355. The third kappa shape index (κ3) is 4.02. The van der Waals surface area contributed by atoms with Crippen molar-refractivity contribution in [2.75, 3.05) is 14.2 Å². The van der Waals surface area contributed by atoms with Crippen LogP contribution in [0, 0.1) is 0 Å². The molecule has 1 aromatic carbocycles. The van der Waals surface area contributed by atoms with E-state index in [0.29, 0.717) is 6.42 Å². The number of hydrogen-bond acceptors (Lipinski definition) is 3. The molecule has 1 unspecified atom stereocenters. The lowest BCUT2D eigenvalue weighted by Gasteiger charge is -2.16. The highest BCUT2D eigenvalue weighted by Crippen LogP contribution is 2.29. The molecule has 0 aliphatic heterocycles. The maximum Gasteiger partial charge on any atom is 0.303 e. The number of methoxy groups -OCH3 is 1. The minimum atomic E-state index is -0.780. The molecule has 0 spiro atoms. The first-order chi connectivity index (χ1) is 8.08. The monoisotopic (exact) mass is 301 g/mol. The summed E-state index contributed by atoms with van der Waals surface area (Å²) in [5.41, 5.74) is 1.04. The Morgan fingerprint density at radius 1 is 1.59 bits per heavy atom. The van der Waals surface area contributed by atoms with Gasteiger partial charge in [-0.25, -0.2) is 0 Å². The van der Waals surface area contributed by atoms with Crippen molar-refractivity contribution in [3.05, 3.63) is 28.2 Å². The van der Waals surface area contributed by atoms with Gasteiger partial charge < -0.3 is 15.2 Å². The summed E-state index contributed by atoms with van der Waals surface area (Å²) < 4.78 is 6.02. The third-order valence-corrected chi connectivity index (χ3v) is 3.19. The second-order valence-corrected chi connectivity index (χ2v) is 4.52. The Hall–Kier alpha value is -1.07. The maximum atomic E-state index is 10.6. The van der Waals surface area contributed by atoms with Crippen LogP contribution in [-0.2, 0) is 4.79 Å². The zero-order valence-corrected chi connectivity index (χ0v) is 11.5. The van der Waals surface area contributed by atoms with E-state index in [1.807, 2.05) is 25.2 Å². The van der Waals surface area contributed by atoms with E-state index in [0.717, 1.165) is 15.8 Å². The molecule has 1 rings (SSSR count). The summed E-state index contributed by atoms with van der Waals surface area (Å²) >= 11 is 3.42. The smallest absolute Gasteiger partial charge is 0.303 e. The van der Waals surface area contributed by atoms with Crippen LogP contribution in [0.2, 0.25) is 0 Å². The molecule has 17 heavy (non-hydrogen) atoms. The number of aliphatic carboxylic acids is 1. The van der Waals surface area contributed by atoms with E-state index in [-0.39, 0.29) is 12.5 Å². The number of carbonyl (C=O) groups is 1. The highest BCUT2D eigenvalue weighted by Gasteiger charge is 2.12. The number of hydrogen-bond donors (Lipinski definition) is 2. The molecule has 5 heteroatoms. The van der Waals surface area contributed by atoms with Gasteiger partial charge in [-0.1, -0.05) is 6.07 Å². The van der Waals surface area contributed by atoms with Crippen molar-refractivity contribution in [1.82, 2.24) is 5.32 Å². The number of rotatable bonds is 6. The van der Waals surface area contributed by atoms with Crippen LogP contribution in [0.5, 0.6) is 5.75 Å². The average Bonchev–Trinajstić information content (AvgIpc) is 2.29. The summed E-state index contributed by atoms with van der Waals surface area (Å²) in [4.78, 5) is 10.6. The SMILES string of the molecule is CNC(CCC(=O)O)c1ccc(OC)c(Br)c1. The summed E-state index contributed by atoms with van der Waals surface area (Å²) in [5.74, 6) is -0.0142. The van der Waals surface area contributed by atoms with Crippen LogP contribution >= 0.6 is 15.9 Å². The molecule has 94 valence electrons. The Balaban J connectivity index is 2.81. The zero-order valence-electron chi connectivity index (χ0n) is 9.87. The normalized spacial score (nSPS) is 12.2. The highest BCUT2D eigenvalue weighted by molar-refractivity contribution is 9.10. The van der Waals surface area contributed by atoms with Crippen LogP contribution in [-0.4, -0.2) is 25.2 Å². The van der Waals surface area contributed by atoms with Crippen LogP contribution in [0.25, 0.3) is 0 Å². The molecule has 0 fully saturated rings. The number of ether oxygens (including phenoxy) is 1. The van der Waals surface area contributed by atoms with Crippen molar-refractivity contribution < 1.29 is 14.6 Å². The lowest BCUT2D eigenvalue weighted by atomic mass is 10.0. The number of halogens is 1. The lowest BCUT2D eigenvalue weighted by Crippen LogP contribution is -2.17. The molecule has 0 bridgehead atoms. The van der Waals surface area contributed by atoms with Crippen molar-refractivity contribution in [3.8, 4) is 5.75 Å². The molecule has 2 N–H and O–H groups in total. The van der Waals surface area contributed by atoms with Gasteiger partial charge in [0.05, 0.1) is 11.6 Å². The van der Waals surface area contributed by atoms with Gasteiger partial charge in [-0.15, -0.1) is 0 Å². The van der Waals surface area contributed by atoms with E-state index in [1.165, 1.54) is 0 Å². The minimum Gasteiger partial charge on any atom is -0.496 e. The fourth-order valence-corrected chi connectivity index (χ4v) is 2.20. The van der Waals surface area contributed by atoms with Gasteiger partial charge in [-0.05, 0) is 47.1 Å². The molecule has 4 nitrogen and oxygen atoms in total. The molecule has 0 amide bonds. The third-order valence-electron chi connectivity index (χ3n) is 2.57. The highest BCUT2D eigenvalue weighted by atomic mass is 79.9. The molecule has 0 saturated carbocycles. The molecular formula is C12H16BrNO3. The van der Waals surface area contributed by atoms with Gasteiger partial charge in [0.2, 0.25) is 0 Å². The molecule has 0 aromatic heterocycles. The average molecular weight is 302 g/mol. The van der Waals surface area contributed by atoms with Crippen molar-refractivity contribution in [3.63, 3.8) is 0 Å². The van der Waals surface area contributed by atoms with Gasteiger partial charge in [0.1, 0.15) is 5.75 Å². The van der Waals surface area contributed by atoms with Gasteiger partial charge >= 0.3 is 5.97 Å². The van der Waals surface area contributed by atoms with Crippen LogP contribution in [0.3, 0.4) is 0 Å². The zero-order chi connectivity index (χ0) is 12.8. The summed E-state index contributed by atoms with van der Waals surface area (Å²) in [7, 11) is 3.43. The lowest BCUT2D eigenvalue weighted by molar-refractivity contribution is -0.137. The number of nitrogens with one attached hydrogen (secondary N) is 1. The predicted octanol–water partition coefficient (Wildman–Crippen LogP) is 2.58. The second-order valence-electron chi connectivity index (χ2n) is 3.67. The van der Waals surface area contributed by atoms with E-state index in [1.54, 1.807) is 7.11 Å². The van der Waals surface area contributed by atoms with Crippen molar-refractivity contribution in [2.45, 2.75) is 18.9 Å². The van der Waals surface area contributed by atoms with Crippen molar-refractivity contribution in [2.24, 2.45) is 0 Å². The van der Waals surface area contributed by atoms with Crippen molar-refractivity contribution >= 4 is 21.9 Å². The van der Waals surface area contributed by atoms with E-state index in [4.69, 9.17) is 9.84 Å². The quantitative estimate of drug-likeness (QED) is 0.848. The van der Waals surface area contributed by atoms with E-state index in [2.05, 4.69) is 21.2 Å². The van der Waals surface area contributed by atoms with Gasteiger partial charge in [0, 0.05) is 12.5 Å². The van der Waals surface area contributed by atoms with Gasteiger partial charge in [0.25, 0.3) is 0 Å². The topological polar surface area (TPSA) is 58.6 Å². The molecule has 0 aliphatic carbocycles. The summed E-state index contributed by atoms with van der Waals surface area (Å²) in [5, 5.41) is 11.8. The Bertz CT molecular complexity index is 395. The largest absolute Gasteiger partial charge is 0.496 e. The summed E-state index contributed by atoms with van der Waals surface area (Å²) in [6.07, 6.45) is 0.708. The van der Waals surface area contributed by atoms with E-state index >= 15 is 0 Å². The first kappa shape index (κ1) is 14.0. The molecule has 1 aromatic rings. The van der Waals surface area contributed by atoms with E-state index < -0.39 is 5.97 Å². The van der Waals surface area contributed by atoms with Gasteiger partial charge in [-0.2, -0.15) is 0 Å². The van der Waals surface area contributed by atoms with Crippen LogP contribution in [0.15, 0.2) is 22.7 Å². The first-order valence-corrected chi connectivity index (χ1v) is 6.10. The fourth-order valence-electron chi connectivity index (χ4n) is 1.64. The Labute approximate surface area is 109 Å².